The van der Waals surface area contributed by atoms with Gasteiger partial charge in [-0.3, -0.25) is 0 Å². The molecule has 0 amide bonds. The van der Waals surface area contributed by atoms with Gasteiger partial charge in [-0.05, 0) is 36.4 Å². The minimum Gasteiger partial charge on any atom is -0.485 e. The van der Waals surface area contributed by atoms with Crippen LogP contribution in [0.2, 0.25) is 0 Å². The molecule has 0 spiro atoms. The van der Waals surface area contributed by atoms with Gasteiger partial charge >= 0.3 is 5.79 Å². The standard InChI is InChI=1S/C21H18O4/c1-3-9-17(10-4-1)22-15-21(24-18-11-5-2-6-12-18)16-23-19-13-7-8-14-20(19)25-21/h1-14H,15-16H2. The van der Waals surface area contributed by atoms with E-state index in [4.69, 9.17) is 18.9 Å². The van der Waals surface area contributed by atoms with Gasteiger partial charge in [-0.25, -0.2) is 0 Å². The molecule has 0 aliphatic carbocycles. The van der Waals surface area contributed by atoms with E-state index in [-0.39, 0.29) is 13.2 Å². The van der Waals surface area contributed by atoms with Gasteiger partial charge < -0.3 is 18.9 Å². The number of ether oxygens (including phenoxy) is 4. The fourth-order valence-corrected chi connectivity index (χ4v) is 2.64. The lowest BCUT2D eigenvalue weighted by atomic mass is 10.2. The molecule has 1 unspecified atom stereocenters. The third-order valence-corrected chi connectivity index (χ3v) is 3.84. The van der Waals surface area contributed by atoms with Crippen molar-refractivity contribution in [2.45, 2.75) is 5.79 Å². The molecule has 4 rings (SSSR count). The topological polar surface area (TPSA) is 36.9 Å². The summed E-state index contributed by atoms with van der Waals surface area (Å²) in [7, 11) is 0. The van der Waals surface area contributed by atoms with Crippen LogP contribution in [-0.4, -0.2) is 19.0 Å². The summed E-state index contributed by atoms with van der Waals surface area (Å²) in [5.74, 6) is 1.73. The molecule has 1 aliphatic heterocycles. The smallest absolute Gasteiger partial charge is 0.320 e. The van der Waals surface area contributed by atoms with Gasteiger partial charge in [-0.1, -0.05) is 48.5 Å². The van der Waals surface area contributed by atoms with Crippen molar-refractivity contribution in [3.05, 3.63) is 84.9 Å². The van der Waals surface area contributed by atoms with Crippen LogP contribution in [0.25, 0.3) is 0 Å². The number of hydrogen-bond acceptors (Lipinski definition) is 4. The highest BCUT2D eigenvalue weighted by Gasteiger charge is 2.41. The van der Waals surface area contributed by atoms with E-state index >= 15 is 0 Å². The van der Waals surface area contributed by atoms with Gasteiger partial charge in [0, 0.05) is 0 Å². The minimum atomic E-state index is -1.06. The summed E-state index contributed by atoms with van der Waals surface area (Å²) in [4.78, 5) is 0. The molecule has 126 valence electrons. The maximum absolute atomic E-state index is 6.17. The maximum Gasteiger partial charge on any atom is 0.320 e. The van der Waals surface area contributed by atoms with Crippen LogP contribution in [0.1, 0.15) is 0 Å². The molecule has 0 aromatic heterocycles. The molecule has 4 nitrogen and oxygen atoms in total. The monoisotopic (exact) mass is 334 g/mol. The summed E-state index contributed by atoms with van der Waals surface area (Å²) in [6.07, 6.45) is 0. The van der Waals surface area contributed by atoms with E-state index in [9.17, 15) is 0 Å². The lowest BCUT2D eigenvalue weighted by molar-refractivity contribution is -0.172. The Hall–Kier alpha value is -3.14. The first-order valence-electron chi connectivity index (χ1n) is 8.16. The summed E-state index contributed by atoms with van der Waals surface area (Å²) in [6, 6.07) is 26.7. The van der Waals surface area contributed by atoms with Crippen LogP contribution in [0, 0.1) is 0 Å². The molecule has 25 heavy (non-hydrogen) atoms. The van der Waals surface area contributed by atoms with Crippen molar-refractivity contribution in [2.24, 2.45) is 0 Å². The second-order valence-corrected chi connectivity index (χ2v) is 5.76. The Morgan fingerprint density at radius 2 is 1.32 bits per heavy atom. The van der Waals surface area contributed by atoms with Crippen molar-refractivity contribution in [3.63, 3.8) is 0 Å². The van der Waals surface area contributed by atoms with Crippen LogP contribution in [0.15, 0.2) is 84.9 Å². The number of benzene rings is 3. The molecule has 1 atom stereocenters. The van der Waals surface area contributed by atoms with E-state index in [0.717, 1.165) is 5.75 Å². The molecule has 0 fully saturated rings. The van der Waals surface area contributed by atoms with Crippen molar-refractivity contribution < 1.29 is 18.9 Å². The number of fused-ring (bicyclic) bond motifs is 1. The van der Waals surface area contributed by atoms with E-state index in [1.165, 1.54) is 0 Å². The highest BCUT2D eigenvalue weighted by Crippen LogP contribution is 2.36. The molecule has 4 heteroatoms. The number of rotatable bonds is 5. The molecule has 1 heterocycles. The van der Waals surface area contributed by atoms with E-state index in [1.54, 1.807) is 0 Å². The van der Waals surface area contributed by atoms with Crippen molar-refractivity contribution in [2.75, 3.05) is 13.2 Å². The fraction of sp³-hybridized carbons (Fsp3) is 0.143. The van der Waals surface area contributed by atoms with Gasteiger partial charge in [0.25, 0.3) is 0 Å². The molecule has 0 radical (unpaired) electrons. The summed E-state index contributed by atoms with van der Waals surface area (Å²) in [6.45, 7) is 0.423. The van der Waals surface area contributed by atoms with Gasteiger partial charge in [0.05, 0.1) is 0 Å². The Morgan fingerprint density at radius 3 is 2.04 bits per heavy atom. The van der Waals surface area contributed by atoms with Crippen LogP contribution in [0.4, 0.5) is 0 Å². The highest BCUT2D eigenvalue weighted by molar-refractivity contribution is 5.41. The predicted octanol–water partition coefficient (Wildman–Crippen LogP) is 4.31. The molecule has 3 aromatic rings. The first kappa shape index (κ1) is 15.4. The van der Waals surface area contributed by atoms with Gasteiger partial charge in [0.1, 0.15) is 11.5 Å². The van der Waals surface area contributed by atoms with Crippen LogP contribution in [0.3, 0.4) is 0 Å². The highest BCUT2D eigenvalue weighted by atomic mass is 16.7. The summed E-state index contributed by atoms with van der Waals surface area (Å²) >= 11 is 0. The quantitative estimate of drug-likeness (QED) is 0.697. The zero-order valence-electron chi connectivity index (χ0n) is 13.6. The van der Waals surface area contributed by atoms with Gasteiger partial charge in [-0.15, -0.1) is 0 Å². The van der Waals surface area contributed by atoms with Crippen molar-refractivity contribution in [3.8, 4) is 23.0 Å². The van der Waals surface area contributed by atoms with Gasteiger partial charge in [0.2, 0.25) is 0 Å². The van der Waals surface area contributed by atoms with Crippen LogP contribution >= 0.6 is 0 Å². The molecule has 0 N–H and O–H groups in total. The molecular formula is C21H18O4. The normalized spacial score (nSPS) is 18.4. The zero-order chi connectivity index (χ0) is 17.0. The third kappa shape index (κ3) is 3.53. The molecular weight excluding hydrogens is 316 g/mol. The molecule has 1 aliphatic rings. The molecule has 3 aromatic carbocycles. The van der Waals surface area contributed by atoms with E-state index in [0.29, 0.717) is 17.2 Å². The molecule has 0 bridgehead atoms. The largest absolute Gasteiger partial charge is 0.485 e. The van der Waals surface area contributed by atoms with E-state index < -0.39 is 5.79 Å². The third-order valence-electron chi connectivity index (χ3n) is 3.84. The van der Waals surface area contributed by atoms with Crippen LogP contribution in [0.5, 0.6) is 23.0 Å². The van der Waals surface area contributed by atoms with Crippen molar-refractivity contribution in [1.82, 2.24) is 0 Å². The van der Waals surface area contributed by atoms with Crippen molar-refractivity contribution >= 4 is 0 Å². The summed E-state index contributed by atoms with van der Waals surface area (Å²) in [5, 5.41) is 0. The Balaban J connectivity index is 1.59. The van der Waals surface area contributed by atoms with E-state index in [2.05, 4.69) is 0 Å². The zero-order valence-corrected chi connectivity index (χ0v) is 13.6. The Bertz CT molecular complexity index is 820. The Morgan fingerprint density at radius 1 is 0.720 bits per heavy atom. The number of hydrogen-bond donors (Lipinski definition) is 0. The first-order chi connectivity index (χ1) is 12.3. The lowest BCUT2D eigenvalue weighted by Gasteiger charge is -2.37. The van der Waals surface area contributed by atoms with Crippen LogP contribution < -0.4 is 18.9 Å². The first-order valence-corrected chi connectivity index (χ1v) is 8.16. The molecule has 0 saturated carbocycles. The average molecular weight is 334 g/mol. The van der Waals surface area contributed by atoms with Crippen LogP contribution in [-0.2, 0) is 0 Å². The van der Waals surface area contributed by atoms with Gasteiger partial charge in [-0.2, -0.15) is 0 Å². The second kappa shape index (κ2) is 6.77. The number of para-hydroxylation sites is 4. The Kier molecular flexibility index (Phi) is 4.17. The SMILES string of the molecule is c1ccc(OCC2(Oc3ccccc3)COc3ccccc3O2)cc1. The summed E-state index contributed by atoms with van der Waals surface area (Å²) < 4.78 is 24.1. The van der Waals surface area contributed by atoms with E-state index in [1.807, 2.05) is 84.9 Å². The minimum absolute atomic E-state index is 0.195. The average Bonchev–Trinajstić information content (AvgIpc) is 2.68. The second-order valence-electron chi connectivity index (χ2n) is 5.76. The predicted molar refractivity (Wildman–Crippen MR) is 94.3 cm³/mol. The maximum atomic E-state index is 6.17. The fourth-order valence-electron chi connectivity index (χ4n) is 2.64. The van der Waals surface area contributed by atoms with Crippen molar-refractivity contribution in [1.29, 1.82) is 0 Å². The lowest BCUT2D eigenvalue weighted by Crippen LogP contribution is -2.54. The summed E-state index contributed by atoms with van der Waals surface area (Å²) in [5.41, 5.74) is 0. The Labute approximate surface area is 146 Å². The van der Waals surface area contributed by atoms with Gasteiger partial charge in [0.15, 0.2) is 24.7 Å². The molecule has 0 saturated heterocycles.